The number of nitrogens with zero attached hydrogens (tertiary/aromatic N) is 2. The van der Waals surface area contributed by atoms with Crippen molar-refractivity contribution in [3.8, 4) is 0 Å². The fourth-order valence-corrected chi connectivity index (χ4v) is 2.59. The maximum absolute atomic E-state index is 11.9. The molecule has 21 heavy (non-hydrogen) atoms. The molecule has 0 radical (unpaired) electrons. The fourth-order valence-electron chi connectivity index (χ4n) is 2.59. The summed E-state index contributed by atoms with van der Waals surface area (Å²) in [6.07, 6.45) is 6.58. The van der Waals surface area contributed by atoms with Crippen LogP contribution in [0.1, 0.15) is 47.0 Å². The van der Waals surface area contributed by atoms with Crippen LogP contribution in [0.2, 0.25) is 0 Å². The molecule has 6 heteroatoms. The van der Waals surface area contributed by atoms with E-state index in [-0.39, 0.29) is 18.2 Å². The fraction of sp³-hybridized carbons (Fsp3) is 0.733. The molecule has 2 rings (SSSR count). The average Bonchev–Trinajstić information content (AvgIpc) is 2.97. The Labute approximate surface area is 126 Å². The van der Waals surface area contributed by atoms with Crippen molar-refractivity contribution in [2.24, 2.45) is 0 Å². The van der Waals surface area contributed by atoms with Crippen molar-refractivity contribution < 1.29 is 9.53 Å². The smallest absolute Gasteiger partial charge is 0.407 e. The van der Waals surface area contributed by atoms with E-state index in [1.165, 1.54) is 0 Å². The van der Waals surface area contributed by atoms with Gasteiger partial charge < -0.3 is 15.4 Å². The first-order valence-corrected chi connectivity index (χ1v) is 7.66. The van der Waals surface area contributed by atoms with Crippen LogP contribution in [-0.4, -0.2) is 33.6 Å². The normalized spacial score (nSPS) is 22.1. The number of aryl methyl sites for hydroxylation is 1. The Morgan fingerprint density at radius 1 is 1.43 bits per heavy atom. The van der Waals surface area contributed by atoms with E-state index in [2.05, 4.69) is 22.7 Å². The zero-order chi connectivity index (χ0) is 15.5. The second-order valence-corrected chi connectivity index (χ2v) is 6.52. The third-order valence-corrected chi connectivity index (χ3v) is 3.53. The molecular weight excluding hydrogens is 268 g/mol. The molecule has 1 aromatic heterocycles. The van der Waals surface area contributed by atoms with Crippen molar-refractivity contribution in [3.05, 3.63) is 12.4 Å². The molecule has 0 spiro atoms. The molecule has 0 saturated heterocycles. The number of amides is 1. The van der Waals surface area contributed by atoms with E-state index >= 15 is 0 Å². The number of aromatic nitrogens is 2. The van der Waals surface area contributed by atoms with Gasteiger partial charge in [-0.25, -0.2) is 4.79 Å². The highest BCUT2D eigenvalue weighted by Crippen LogP contribution is 2.23. The van der Waals surface area contributed by atoms with Crippen molar-refractivity contribution in [2.45, 2.75) is 71.2 Å². The molecule has 0 bridgehead atoms. The van der Waals surface area contributed by atoms with Crippen LogP contribution in [0.5, 0.6) is 0 Å². The van der Waals surface area contributed by atoms with Gasteiger partial charge in [-0.15, -0.1) is 0 Å². The van der Waals surface area contributed by atoms with E-state index in [0.29, 0.717) is 0 Å². The first kappa shape index (κ1) is 15.7. The SMILES string of the molecule is CCn1cc(N[C@H]2CCC[C@@H]2NC(=O)OC(C)(C)C)cn1. The number of hydrogen-bond acceptors (Lipinski definition) is 4. The van der Waals surface area contributed by atoms with E-state index in [1.807, 2.05) is 37.8 Å². The van der Waals surface area contributed by atoms with E-state index < -0.39 is 5.60 Å². The zero-order valence-electron chi connectivity index (χ0n) is 13.3. The summed E-state index contributed by atoms with van der Waals surface area (Å²) in [7, 11) is 0. The highest BCUT2D eigenvalue weighted by Gasteiger charge is 2.30. The molecule has 1 saturated carbocycles. The summed E-state index contributed by atoms with van der Waals surface area (Å²) in [5, 5.41) is 10.7. The van der Waals surface area contributed by atoms with Gasteiger partial charge >= 0.3 is 6.09 Å². The highest BCUT2D eigenvalue weighted by atomic mass is 16.6. The summed E-state index contributed by atoms with van der Waals surface area (Å²) in [6.45, 7) is 8.52. The highest BCUT2D eigenvalue weighted by molar-refractivity contribution is 5.68. The Balaban J connectivity index is 1.89. The van der Waals surface area contributed by atoms with Gasteiger partial charge in [-0.2, -0.15) is 5.10 Å². The molecule has 118 valence electrons. The van der Waals surface area contributed by atoms with E-state index in [1.54, 1.807) is 0 Å². The van der Waals surface area contributed by atoms with Gasteiger partial charge in [-0.1, -0.05) is 0 Å². The molecule has 1 heterocycles. The quantitative estimate of drug-likeness (QED) is 0.896. The number of anilines is 1. The first-order chi connectivity index (χ1) is 9.87. The number of hydrogen-bond donors (Lipinski definition) is 2. The monoisotopic (exact) mass is 294 g/mol. The second kappa shape index (κ2) is 6.37. The maximum atomic E-state index is 11.9. The van der Waals surface area contributed by atoms with Gasteiger partial charge in [-0.05, 0) is 47.0 Å². The van der Waals surface area contributed by atoms with Crippen LogP contribution in [-0.2, 0) is 11.3 Å². The summed E-state index contributed by atoms with van der Waals surface area (Å²) in [4.78, 5) is 11.9. The molecule has 1 amide bonds. The molecule has 1 aliphatic rings. The standard InChI is InChI=1S/C15H26N4O2/c1-5-19-10-11(9-16-19)17-12-7-6-8-13(12)18-14(20)21-15(2,3)4/h9-10,12-13,17H,5-8H2,1-4H3,(H,18,20)/t12-,13-/m0/s1. The Morgan fingerprint density at radius 2 is 2.14 bits per heavy atom. The molecule has 0 aliphatic heterocycles. The summed E-state index contributed by atoms with van der Waals surface area (Å²) in [5.41, 5.74) is 0.535. The van der Waals surface area contributed by atoms with Crippen LogP contribution >= 0.6 is 0 Å². The van der Waals surface area contributed by atoms with Crippen LogP contribution in [0.4, 0.5) is 10.5 Å². The van der Waals surface area contributed by atoms with Crippen LogP contribution < -0.4 is 10.6 Å². The topological polar surface area (TPSA) is 68.2 Å². The Morgan fingerprint density at radius 3 is 2.76 bits per heavy atom. The largest absolute Gasteiger partial charge is 0.444 e. The summed E-state index contributed by atoms with van der Waals surface area (Å²) in [6, 6.07) is 0.330. The molecule has 6 nitrogen and oxygen atoms in total. The lowest BCUT2D eigenvalue weighted by Crippen LogP contribution is -2.45. The number of carbonyl (C=O) groups is 1. The minimum absolute atomic E-state index is 0.102. The van der Waals surface area contributed by atoms with Crippen LogP contribution in [0.15, 0.2) is 12.4 Å². The number of rotatable bonds is 4. The van der Waals surface area contributed by atoms with Crippen LogP contribution in [0, 0.1) is 0 Å². The van der Waals surface area contributed by atoms with Gasteiger partial charge in [0.1, 0.15) is 5.60 Å². The van der Waals surface area contributed by atoms with E-state index in [9.17, 15) is 4.79 Å². The van der Waals surface area contributed by atoms with Crippen LogP contribution in [0.3, 0.4) is 0 Å². The predicted molar refractivity (Wildman–Crippen MR) is 82.3 cm³/mol. The lowest BCUT2D eigenvalue weighted by molar-refractivity contribution is 0.0503. The first-order valence-electron chi connectivity index (χ1n) is 7.66. The third kappa shape index (κ3) is 4.65. The van der Waals surface area contributed by atoms with E-state index in [0.717, 1.165) is 31.5 Å². The molecule has 2 N–H and O–H groups in total. The molecule has 1 aliphatic carbocycles. The summed E-state index contributed by atoms with van der Waals surface area (Å²) in [5.74, 6) is 0. The number of carbonyl (C=O) groups excluding carboxylic acids is 1. The number of ether oxygens (including phenoxy) is 1. The van der Waals surface area contributed by atoms with Gasteiger partial charge in [-0.3, -0.25) is 4.68 Å². The summed E-state index contributed by atoms with van der Waals surface area (Å²) >= 11 is 0. The molecule has 0 unspecified atom stereocenters. The predicted octanol–water partition coefficient (Wildman–Crippen LogP) is 2.76. The van der Waals surface area contributed by atoms with Crippen molar-refractivity contribution in [2.75, 3.05) is 5.32 Å². The van der Waals surface area contributed by atoms with Gasteiger partial charge in [0.25, 0.3) is 0 Å². The Hall–Kier alpha value is -1.72. The van der Waals surface area contributed by atoms with Crippen molar-refractivity contribution in [1.82, 2.24) is 15.1 Å². The van der Waals surface area contributed by atoms with E-state index in [4.69, 9.17) is 4.74 Å². The second-order valence-electron chi connectivity index (χ2n) is 6.52. The summed E-state index contributed by atoms with van der Waals surface area (Å²) < 4.78 is 7.21. The molecule has 1 fully saturated rings. The lowest BCUT2D eigenvalue weighted by Gasteiger charge is -2.25. The Kier molecular flexibility index (Phi) is 4.75. The third-order valence-electron chi connectivity index (χ3n) is 3.53. The maximum Gasteiger partial charge on any atom is 0.407 e. The number of alkyl carbamates (subject to hydrolysis) is 1. The Bertz CT molecular complexity index is 478. The minimum Gasteiger partial charge on any atom is -0.444 e. The minimum atomic E-state index is -0.464. The van der Waals surface area contributed by atoms with Gasteiger partial charge in [0.2, 0.25) is 0 Å². The average molecular weight is 294 g/mol. The zero-order valence-corrected chi connectivity index (χ0v) is 13.3. The van der Waals surface area contributed by atoms with Crippen molar-refractivity contribution >= 4 is 11.8 Å². The molecule has 0 aromatic carbocycles. The molecule has 2 atom stereocenters. The van der Waals surface area contributed by atoms with Crippen LogP contribution in [0.25, 0.3) is 0 Å². The number of nitrogens with one attached hydrogen (secondary N) is 2. The van der Waals surface area contributed by atoms with Gasteiger partial charge in [0.15, 0.2) is 0 Å². The van der Waals surface area contributed by atoms with Gasteiger partial charge in [0.05, 0.1) is 17.9 Å². The van der Waals surface area contributed by atoms with Gasteiger partial charge in [0, 0.05) is 18.8 Å². The van der Waals surface area contributed by atoms with Crippen molar-refractivity contribution in [1.29, 1.82) is 0 Å². The molecular formula is C15H26N4O2. The molecule has 1 aromatic rings. The lowest BCUT2D eigenvalue weighted by atomic mass is 10.1. The van der Waals surface area contributed by atoms with Crippen molar-refractivity contribution in [3.63, 3.8) is 0 Å².